The van der Waals surface area contributed by atoms with Gasteiger partial charge in [0.25, 0.3) is 0 Å². The topological polar surface area (TPSA) is 68.7 Å². The average Bonchev–Trinajstić information content (AvgIpc) is 3.16. The lowest BCUT2D eigenvalue weighted by Crippen LogP contribution is -2.47. The predicted molar refractivity (Wildman–Crippen MR) is 149 cm³/mol. The van der Waals surface area contributed by atoms with Gasteiger partial charge in [0.05, 0.1) is 6.61 Å². The highest BCUT2D eigenvalue weighted by atomic mass is 28.4. The van der Waals surface area contributed by atoms with Crippen LogP contribution in [0.2, 0.25) is 18.1 Å². The van der Waals surface area contributed by atoms with E-state index in [-0.39, 0.29) is 24.0 Å². The van der Waals surface area contributed by atoms with Gasteiger partial charge < -0.3 is 9.16 Å². The van der Waals surface area contributed by atoms with E-state index in [0.29, 0.717) is 6.42 Å². The summed E-state index contributed by atoms with van der Waals surface area (Å²) < 4.78 is 12.4. The van der Waals surface area contributed by atoms with E-state index in [4.69, 9.17) is 9.16 Å². The Hall–Kier alpha value is -3.03. The van der Waals surface area contributed by atoms with Crippen LogP contribution in [0.3, 0.4) is 0 Å². The van der Waals surface area contributed by atoms with E-state index < -0.39 is 26.6 Å². The minimum Gasteiger partial charge on any atom is -0.439 e. The molecule has 1 aliphatic rings. The van der Waals surface area contributed by atoms with Crippen LogP contribution >= 0.6 is 0 Å². The Morgan fingerprint density at radius 1 is 1.08 bits per heavy atom. The fourth-order valence-electron chi connectivity index (χ4n) is 4.68. The molecular formula is C30H38N2O4Si. The highest BCUT2D eigenvalue weighted by Gasteiger charge is 2.48. The van der Waals surface area contributed by atoms with Crippen LogP contribution in [0.4, 0.5) is 4.79 Å². The number of aromatic nitrogens is 1. The van der Waals surface area contributed by atoms with Crippen LogP contribution in [-0.4, -0.2) is 42.9 Å². The van der Waals surface area contributed by atoms with E-state index in [0.717, 1.165) is 33.0 Å². The molecule has 6 nitrogen and oxygen atoms in total. The smallest absolute Gasteiger partial charge is 0.417 e. The number of hydrogen-bond acceptors (Lipinski definition) is 5. The number of carbonyl (C=O) groups excluding carboxylic acids is 2. The average molecular weight is 519 g/mol. The van der Waals surface area contributed by atoms with Crippen LogP contribution in [0.25, 0.3) is 10.8 Å². The molecule has 3 aromatic rings. The summed E-state index contributed by atoms with van der Waals surface area (Å²) in [6.07, 6.45) is 3.12. The second-order valence-electron chi connectivity index (χ2n) is 11.6. The van der Waals surface area contributed by atoms with E-state index in [2.05, 4.69) is 44.9 Å². The number of hydrogen-bond donors (Lipinski definition) is 0. The first-order valence-corrected chi connectivity index (χ1v) is 15.8. The lowest BCUT2D eigenvalue weighted by Gasteiger charge is -2.38. The van der Waals surface area contributed by atoms with Crippen LogP contribution in [0.1, 0.15) is 55.5 Å². The lowest BCUT2D eigenvalue weighted by atomic mass is 9.98. The summed E-state index contributed by atoms with van der Waals surface area (Å²) in [5.74, 6) is -0.256. The normalized spacial score (nSPS) is 18.4. The standard InChI is InChI=1S/C30H38N2O4Si/c1-20-14-21(2)16-24(15-20)28-26(19-35-37(6,7)30(3,4)5)32(29(34)36-28)27(33)13-12-23-18-31-17-22-10-8-9-11-25(22)23/h8-11,14-18,26,28H,12-13,19H2,1-7H3/t26-,28+/m0/s1. The van der Waals surface area contributed by atoms with Gasteiger partial charge in [-0.1, -0.05) is 74.4 Å². The highest BCUT2D eigenvalue weighted by molar-refractivity contribution is 6.74. The highest BCUT2D eigenvalue weighted by Crippen LogP contribution is 2.39. The third-order valence-electron chi connectivity index (χ3n) is 7.73. The van der Waals surface area contributed by atoms with Gasteiger partial charge in [-0.05, 0) is 54.9 Å². The first-order valence-electron chi connectivity index (χ1n) is 12.9. The Balaban J connectivity index is 1.60. The fraction of sp³-hybridized carbons (Fsp3) is 0.433. The number of cyclic esters (lactones) is 1. The van der Waals surface area contributed by atoms with Gasteiger partial charge in [0.2, 0.25) is 5.91 Å². The zero-order valence-corrected chi connectivity index (χ0v) is 24.0. The van der Waals surface area contributed by atoms with E-state index in [1.54, 1.807) is 6.20 Å². The van der Waals surface area contributed by atoms with Gasteiger partial charge >= 0.3 is 6.09 Å². The first-order chi connectivity index (χ1) is 17.4. The number of amides is 2. The summed E-state index contributed by atoms with van der Waals surface area (Å²) in [5.41, 5.74) is 4.05. The van der Waals surface area contributed by atoms with Crippen molar-refractivity contribution in [2.45, 2.75) is 77.7 Å². The molecular weight excluding hydrogens is 480 g/mol. The molecule has 0 saturated carbocycles. The van der Waals surface area contributed by atoms with Gasteiger partial charge in [-0.3, -0.25) is 9.78 Å². The second kappa shape index (κ2) is 10.4. The van der Waals surface area contributed by atoms with Crippen LogP contribution < -0.4 is 0 Å². The molecule has 0 bridgehead atoms. The number of imide groups is 1. The number of aryl methyl sites for hydroxylation is 3. The number of rotatable bonds is 7. The zero-order valence-electron chi connectivity index (χ0n) is 23.0. The molecule has 7 heteroatoms. The Morgan fingerprint density at radius 2 is 1.76 bits per heavy atom. The third-order valence-corrected chi connectivity index (χ3v) is 12.2. The maximum Gasteiger partial charge on any atom is 0.417 e. The van der Waals surface area contributed by atoms with E-state index >= 15 is 0 Å². The van der Waals surface area contributed by atoms with Crippen LogP contribution in [0, 0.1) is 13.8 Å². The maximum absolute atomic E-state index is 13.6. The second-order valence-corrected chi connectivity index (χ2v) is 16.5. The van der Waals surface area contributed by atoms with E-state index in [9.17, 15) is 9.59 Å². The van der Waals surface area contributed by atoms with Crippen molar-refractivity contribution in [3.63, 3.8) is 0 Å². The summed E-state index contributed by atoms with van der Waals surface area (Å²) in [4.78, 5) is 32.4. The van der Waals surface area contributed by atoms with Crippen LogP contribution in [0.15, 0.2) is 54.9 Å². The maximum atomic E-state index is 13.6. The molecule has 0 N–H and O–H groups in total. The molecule has 196 valence electrons. The predicted octanol–water partition coefficient (Wildman–Crippen LogP) is 6.89. The fourth-order valence-corrected chi connectivity index (χ4v) is 5.70. The van der Waals surface area contributed by atoms with Crippen LogP contribution in [0.5, 0.6) is 0 Å². The Kier molecular flexibility index (Phi) is 7.58. The van der Waals surface area contributed by atoms with Crippen molar-refractivity contribution in [2.24, 2.45) is 0 Å². The summed E-state index contributed by atoms with van der Waals surface area (Å²) in [6.45, 7) is 15.2. The third kappa shape index (κ3) is 5.78. The van der Waals surface area contributed by atoms with Crippen molar-refractivity contribution in [1.82, 2.24) is 9.88 Å². The van der Waals surface area contributed by atoms with Crippen molar-refractivity contribution in [3.8, 4) is 0 Å². The van der Waals surface area contributed by atoms with Crippen molar-refractivity contribution >= 4 is 31.1 Å². The number of carbonyl (C=O) groups is 2. The molecule has 0 radical (unpaired) electrons. The van der Waals surface area contributed by atoms with Crippen molar-refractivity contribution in [1.29, 1.82) is 0 Å². The van der Waals surface area contributed by atoms with Crippen molar-refractivity contribution in [3.05, 3.63) is 77.1 Å². The van der Waals surface area contributed by atoms with Crippen molar-refractivity contribution < 1.29 is 18.8 Å². The van der Waals surface area contributed by atoms with E-state index in [1.807, 2.05) is 56.4 Å². The minimum atomic E-state index is -2.13. The lowest BCUT2D eigenvalue weighted by molar-refractivity contribution is -0.129. The Labute approximate surface area is 221 Å². The molecule has 2 amide bonds. The molecule has 4 rings (SSSR count). The molecule has 1 aliphatic heterocycles. The van der Waals surface area contributed by atoms with Gasteiger partial charge in [-0.25, -0.2) is 9.69 Å². The number of fused-ring (bicyclic) bond motifs is 1. The monoisotopic (exact) mass is 518 g/mol. The molecule has 0 aliphatic carbocycles. The van der Waals surface area contributed by atoms with Gasteiger partial charge in [0.1, 0.15) is 6.04 Å². The molecule has 2 heterocycles. The molecule has 1 saturated heterocycles. The summed E-state index contributed by atoms with van der Waals surface area (Å²) in [5, 5.41) is 2.10. The number of ether oxygens (including phenoxy) is 1. The molecule has 0 unspecified atom stereocenters. The Bertz CT molecular complexity index is 1290. The quantitative estimate of drug-likeness (QED) is 0.318. The zero-order chi connectivity index (χ0) is 27.0. The van der Waals surface area contributed by atoms with Crippen LogP contribution in [-0.2, 0) is 20.4 Å². The molecule has 37 heavy (non-hydrogen) atoms. The molecule has 1 aromatic heterocycles. The largest absolute Gasteiger partial charge is 0.439 e. The SMILES string of the molecule is Cc1cc(C)cc([C@H]2OC(=O)N(C(=O)CCc3cncc4ccccc34)[C@H]2CO[Si](C)(C)C(C)(C)C)c1. The molecule has 2 atom stereocenters. The van der Waals surface area contributed by atoms with Gasteiger partial charge in [-0.15, -0.1) is 0 Å². The number of benzene rings is 2. The Morgan fingerprint density at radius 3 is 2.43 bits per heavy atom. The minimum absolute atomic E-state index is 0.00208. The number of pyridine rings is 1. The van der Waals surface area contributed by atoms with Crippen molar-refractivity contribution in [2.75, 3.05) is 6.61 Å². The molecule has 2 aromatic carbocycles. The van der Waals surface area contributed by atoms with Gasteiger partial charge in [0, 0.05) is 24.2 Å². The molecule has 1 fully saturated rings. The number of nitrogens with zero attached hydrogens (tertiary/aromatic N) is 2. The first kappa shape index (κ1) is 27.0. The van der Waals surface area contributed by atoms with Gasteiger partial charge in [-0.2, -0.15) is 0 Å². The summed E-state index contributed by atoms with van der Waals surface area (Å²) in [7, 11) is -2.13. The summed E-state index contributed by atoms with van der Waals surface area (Å²) in [6, 6.07) is 13.6. The molecule has 0 spiro atoms. The van der Waals surface area contributed by atoms with E-state index in [1.165, 1.54) is 4.90 Å². The van der Waals surface area contributed by atoms with Gasteiger partial charge in [0.15, 0.2) is 14.4 Å². The summed E-state index contributed by atoms with van der Waals surface area (Å²) >= 11 is 0.